The number of halogens is 1. The Kier molecular flexibility index (Phi) is 7.44. The average molecular weight is 496 g/mol. The van der Waals surface area contributed by atoms with Crippen molar-refractivity contribution in [1.29, 1.82) is 0 Å². The molecule has 3 aromatic rings. The lowest BCUT2D eigenvalue weighted by Gasteiger charge is -2.34. The van der Waals surface area contributed by atoms with Crippen LogP contribution >= 0.6 is 0 Å². The number of piperazine rings is 1. The second-order valence-electron chi connectivity index (χ2n) is 8.50. The first-order valence-electron chi connectivity index (χ1n) is 11.4. The van der Waals surface area contributed by atoms with Crippen LogP contribution in [0.2, 0.25) is 0 Å². The van der Waals surface area contributed by atoms with Gasteiger partial charge in [0, 0.05) is 37.8 Å². The maximum Gasteiger partial charge on any atom is 0.341 e. The zero-order valence-electron chi connectivity index (χ0n) is 20.0. The number of carbonyl (C=O) groups is 3. The summed E-state index contributed by atoms with van der Waals surface area (Å²) < 4.78 is 22.8. The summed E-state index contributed by atoms with van der Waals surface area (Å²) in [6.45, 7) is 1.84. The Balaban J connectivity index is 1.69. The van der Waals surface area contributed by atoms with E-state index in [0.29, 0.717) is 38.0 Å². The summed E-state index contributed by atoms with van der Waals surface area (Å²) in [5, 5.41) is 11.1. The quantitative estimate of drug-likeness (QED) is 0.520. The average Bonchev–Trinajstić information content (AvgIpc) is 2.89. The van der Waals surface area contributed by atoms with Gasteiger partial charge in [-0.2, -0.15) is 0 Å². The summed E-state index contributed by atoms with van der Waals surface area (Å²) in [5.74, 6) is -2.17. The van der Waals surface area contributed by atoms with Crippen LogP contribution in [0.1, 0.15) is 31.8 Å². The number of benzene rings is 2. The molecule has 9 nitrogen and oxygen atoms in total. The van der Waals surface area contributed by atoms with Crippen LogP contribution in [0.25, 0.3) is 10.9 Å². The van der Waals surface area contributed by atoms with Gasteiger partial charge < -0.3 is 19.5 Å². The van der Waals surface area contributed by atoms with Gasteiger partial charge in [-0.15, -0.1) is 0 Å². The first-order valence-corrected chi connectivity index (χ1v) is 11.4. The fourth-order valence-electron chi connectivity index (χ4n) is 4.22. The molecular weight excluding hydrogens is 469 g/mol. The van der Waals surface area contributed by atoms with Gasteiger partial charge in [0.15, 0.2) is 5.75 Å². The van der Waals surface area contributed by atoms with Gasteiger partial charge in [-0.1, -0.05) is 12.1 Å². The second kappa shape index (κ2) is 10.7. The molecule has 1 aromatic heterocycles. The van der Waals surface area contributed by atoms with E-state index in [1.165, 1.54) is 32.4 Å². The Hall–Kier alpha value is -4.05. The molecule has 0 bridgehead atoms. The third-order valence-corrected chi connectivity index (χ3v) is 6.20. The molecule has 1 N–H and O–H groups in total. The zero-order chi connectivity index (χ0) is 25.8. The fourth-order valence-corrected chi connectivity index (χ4v) is 4.22. The summed E-state index contributed by atoms with van der Waals surface area (Å²) in [6, 6.07) is 9.14. The van der Waals surface area contributed by atoms with Gasteiger partial charge >= 0.3 is 11.9 Å². The minimum atomic E-state index is -0.788. The van der Waals surface area contributed by atoms with Crippen molar-refractivity contribution in [1.82, 2.24) is 14.8 Å². The van der Waals surface area contributed by atoms with Crippen molar-refractivity contribution >= 4 is 28.7 Å². The Morgan fingerprint density at radius 1 is 0.972 bits per heavy atom. The maximum absolute atomic E-state index is 13.6. The predicted molar refractivity (Wildman–Crippen MR) is 128 cm³/mol. The SMILES string of the molecule is COC(=O)CN1CCN(C(=O)c2cc(C(=O)OC)c(O)c3ncc(Cc4ccc(F)cc4)cc23)CC1. The number of phenolic OH excluding ortho intramolecular Hbond substituents is 1. The van der Waals surface area contributed by atoms with Crippen LogP contribution in [0.5, 0.6) is 5.75 Å². The molecule has 0 radical (unpaired) electrons. The lowest BCUT2D eigenvalue weighted by molar-refractivity contribution is -0.142. The molecule has 1 amide bonds. The standard InChI is InChI=1S/C26H26FN3O6/c1-35-22(31)15-29-7-9-30(10-8-29)25(33)20-13-21(26(34)36-2)24(32)23-19(20)12-17(14-28-23)11-16-3-5-18(27)6-4-16/h3-6,12-14,32H,7-11,15H2,1-2H3. The summed E-state index contributed by atoms with van der Waals surface area (Å²) in [7, 11) is 2.52. The summed E-state index contributed by atoms with van der Waals surface area (Å²) >= 11 is 0. The van der Waals surface area contributed by atoms with Gasteiger partial charge in [0.05, 0.1) is 26.3 Å². The second-order valence-corrected chi connectivity index (χ2v) is 8.50. The highest BCUT2D eigenvalue weighted by Gasteiger charge is 2.28. The molecule has 0 aliphatic carbocycles. The molecule has 36 heavy (non-hydrogen) atoms. The van der Waals surface area contributed by atoms with Crippen molar-refractivity contribution in [3.8, 4) is 5.75 Å². The van der Waals surface area contributed by atoms with Crippen molar-refractivity contribution in [2.45, 2.75) is 6.42 Å². The lowest BCUT2D eigenvalue weighted by atomic mass is 9.98. The van der Waals surface area contributed by atoms with E-state index in [9.17, 15) is 23.9 Å². The minimum absolute atomic E-state index is 0.105. The molecular formula is C26H26FN3O6. The maximum atomic E-state index is 13.6. The van der Waals surface area contributed by atoms with Crippen LogP contribution in [-0.4, -0.2) is 84.7 Å². The number of fused-ring (bicyclic) bond motifs is 1. The smallest absolute Gasteiger partial charge is 0.341 e. The van der Waals surface area contributed by atoms with Crippen molar-refractivity contribution in [2.24, 2.45) is 0 Å². The molecule has 188 valence electrons. The number of aromatic nitrogens is 1. The first kappa shape index (κ1) is 25.1. The van der Waals surface area contributed by atoms with Crippen molar-refractivity contribution in [2.75, 3.05) is 46.9 Å². The van der Waals surface area contributed by atoms with Gasteiger partial charge in [-0.3, -0.25) is 19.5 Å². The number of methoxy groups -OCH3 is 2. The van der Waals surface area contributed by atoms with Crippen molar-refractivity contribution < 1.29 is 33.4 Å². The van der Waals surface area contributed by atoms with Crippen molar-refractivity contribution in [3.05, 3.63) is 70.7 Å². The molecule has 4 rings (SSSR count). The summed E-state index contributed by atoms with van der Waals surface area (Å²) in [5.41, 5.74) is 1.75. The van der Waals surface area contributed by atoms with E-state index in [1.807, 2.05) is 4.90 Å². The highest BCUT2D eigenvalue weighted by molar-refractivity contribution is 6.11. The normalized spacial score (nSPS) is 14.0. The van der Waals surface area contributed by atoms with E-state index in [4.69, 9.17) is 9.47 Å². The molecule has 2 heterocycles. The van der Waals surface area contributed by atoms with Crippen LogP contribution < -0.4 is 0 Å². The molecule has 1 fully saturated rings. The number of phenols is 1. The Morgan fingerprint density at radius 2 is 1.67 bits per heavy atom. The molecule has 1 aliphatic heterocycles. The number of ether oxygens (including phenoxy) is 2. The van der Waals surface area contributed by atoms with Gasteiger partial charge in [0.1, 0.15) is 16.9 Å². The Bertz CT molecular complexity index is 1300. The van der Waals surface area contributed by atoms with Crippen LogP contribution in [0.15, 0.2) is 42.6 Å². The lowest BCUT2D eigenvalue weighted by Crippen LogP contribution is -2.50. The largest absolute Gasteiger partial charge is 0.505 e. The van der Waals surface area contributed by atoms with Crippen LogP contribution in [-0.2, 0) is 20.7 Å². The van der Waals surface area contributed by atoms with Gasteiger partial charge in [0.25, 0.3) is 5.91 Å². The molecule has 2 aromatic carbocycles. The number of nitrogens with zero attached hydrogens (tertiary/aromatic N) is 3. The summed E-state index contributed by atoms with van der Waals surface area (Å²) in [6.07, 6.45) is 1.98. The molecule has 0 unspecified atom stereocenters. The Morgan fingerprint density at radius 3 is 2.31 bits per heavy atom. The van der Waals surface area contributed by atoms with Gasteiger partial charge in [0.2, 0.25) is 0 Å². The van der Waals surface area contributed by atoms with E-state index >= 15 is 0 Å². The van der Waals surface area contributed by atoms with Crippen molar-refractivity contribution in [3.63, 3.8) is 0 Å². The zero-order valence-corrected chi connectivity index (χ0v) is 20.0. The highest BCUT2D eigenvalue weighted by Crippen LogP contribution is 2.33. The van der Waals surface area contributed by atoms with E-state index in [1.54, 1.807) is 29.3 Å². The van der Waals surface area contributed by atoms with Gasteiger partial charge in [-0.05, 0) is 41.8 Å². The summed E-state index contributed by atoms with van der Waals surface area (Å²) in [4.78, 5) is 45.4. The first-order chi connectivity index (χ1) is 17.3. The number of amides is 1. The van der Waals surface area contributed by atoms with E-state index < -0.39 is 5.97 Å². The third kappa shape index (κ3) is 5.28. The van der Waals surface area contributed by atoms with E-state index in [-0.39, 0.29) is 46.6 Å². The van der Waals surface area contributed by atoms with Crippen LogP contribution in [0.3, 0.4) is 0 Å². The number of pyridine rings is 1. The predicted octanol–water partition coefficient (Wildman–Crippen LogP) is 2.39. The van der Waals surface area contributed by atoms with Gasteiger partial charge in [-0.25, -0.2) is 9.18 Å². The molecule has 1 aliphatic rings. The van der Waals surface area contributed by atoms with Crippen LogP contribution in [0, 0.1) is 5.82 Å². The molecule has 0 saturated carbocycles. The van der Waals surface area contributed by atoms with Crippen LogP contribution in [0.4, 0.5) is 4.39 Å². The topological polar surface area (TPSA) is 109 Å². The highest BCUT2D eigenvalue weighted by atomic mass is 19.1. The molecule has 0 spiro atoms. The molecule has 1 saturated heterocycles. The Labute approximate surface area is 207 Å². The number of carbonyl (C=O) groups excluding carboxylic acids is 3. The number of rotatable bonds is 6. The van der Waals surface area contributed by atoms with E-state index in [2.05, 4.69) is 4.98 Å². The number of hydrogen-bond donors (Lipinski definition) is 1. The monoisotopic (exact) mass is 495 g/mol. The molecule has 0 atom stereocenters. The third-order valence-electron chi connectivity index (χ3n) is 6.20. The fraction of sp³-hybridized carbons (Fsp3) is 0.308. The number of hydrogen-bond acceptors (Lipinski definition) is 8. The minimum Gasteiger partial charge on any atom is -0.505 e. The van der Waals surface area contributed by atoms with E-state index in [0.717, 1.165) is 11.1 Å². The molecule has 10 heteroatoms. The number of aromatic hydroxyl groups is 1. The number of esters is 2.